The molecule has 5 nitrogen and oxygen atoms in total. The van der Waals surface area contributed by atoms with Crippen molar-refractivity contribution in [2.24, 2.45) is 10.7 Å². The Bertz CT molecular complexity index is 692. The van der Waals surface area contributed by atoms with Gasteiger partial charge in [0.2, 0.25) is 0 Å². The molecule has 136 valence electrons. The average Bonchev–Trinajstić information content (AvgIpc) is 3.06. The second-order valence-electron chi connectivity index (χ2n) is 5.77. The summed E-state index contributed by atoms with van der Waals surface area (Å²) in [5.41, 5.74) is 8.50. The number of hydrogen-bond acceptors (Lipinski definition) is 5. The quantitative estimate of drug-likeness (QED) is 0.799. The molecule has 0 aromatic heterocycles. The monoisotopic (exact) mass is 364 g/mol. The van der Waals surface area contributed by atoms with Crippen LogP contribution in [0.5, 0.6) is 0 Å². The van der Waals surface area contributed by atoms with Crippen molar-refractivity contribution in [3.63, 3.8) is 0 Å². The molecule has 2 aliphatic rings. The molecule has 1 aromatic carbocycles. The molecule has 1 saturated carbocycles. The van der Waals surface area contributed by atoms with Gasteiger partial charge in [-0.05, 0) is 24.6 Å². The molecule has 1 aliphatic heterocycles. The van der Waals surface area contributed by atoms with E-state index in [1.54, 1.807) is 12.1 Å². The summed E-state index contributed by atoms with van der Waals surface area (Å²) in [6.45, 7) is 6.58. The standard InChI is InChI=1S/C17H19ClN2O3.C2H6/c1-11(21)16(19)14-10-17(22-7-8-23-17)6-5-15(14)20-13-4-2-3-12(18)9-13;1-2/h2-4,9H,5-8,10,19H2,1H3;1-2H3/b16-14-,20-15?;. The van der Waals surface area contributed by atoms with Crippen LogP contribution < -0.4 is 5.73 Å². The molecule has 0 radical (unpaired) electrons. The summed E-state index contributed by atoms with van der Waals surface area (Å²) in [6, 6.07) is 7.28. The number of halogens is 1. The van der Waals surface area contributed by atoms with Crippen molar-refractivity contribution in [2.45, 2.75) is 45.8 Å². The van der Waals surface area contributed by atoms with Gasteiger partial charge < -0.3 is 15.2 Å². The Morgan fingerprint density at radius 3 is 2.56 bits per heavy atom. The van der Waals surface area contributed by atoms with Gasteiger partial charge in [-0.3, -0.25) is 9.79 Å². The molecule has 1 aromatic rings. The fourth-order valence-corrected chi connectivity index (χ4v) is 3.14. The molecule has 2 N–H and O–H groups in total. The molecule has 0 atom stereocenters. The third-order valence-electron chi connectivity index (χ3n) is 4.13. The first-order valence-electron chi connectivity index (χ1n) is 8.60. The fraction of sp³-hybridized carbons (Fsp3) is 0.474. The van der Waals surface area contributed by atoms with E-state index in [0.29, 0.717) is 43.1 Å². The van der Waals surface area contributed by atoms with Crippen molar-refractivity contribution >= 4 is 28.8 Å². The maximum atomic E-state index is 11.8. The summed E-state index contributed by atoms with van der Waals surface area (Å²) in [5, 5.41) is 0.617. The molecular weight excluding hydrogens is 340 g/mol. The van der Waals surface area contributed by atoms with Crippen molar-refractivity contribution in [2.75, 3.05) is 13.2 Å². The molecule has 2 fully saturated rings. The van der Waals surface area contributed by atoms with Crippen molar-refractivity contribution < 1.29 is 14.3 Å². The smallest absolute Gasteiger partial charge is 0.175 e. The van der Waals surface area contributed by atoms with E-state index in [1.165, 1.54) is 6.92 Å². The minimum atomic E-state index is -0.664. The Morgan fingerprint density at radius 1 is 1.28 bits per heavy atom. The molecule has 25 heavy (non-hydrogen) atoms. The SMILES string of the molecule is CC.CC(=O)/C(N)=C1\CC2(CCC1=Nc1cccc(Cl)c1)OCCO2. The predicted molar refractivity (Wildman–Crippen MR) is 100 cm³/mol. The average molecular weight is 365 g/mol. The van der Waals surface area contributed by atoms with Crippen LogP contribution in [0.2, 0.25) is 5.02 Å². The van der Waals surface area contributed by atoms with E-state index in [-0.39, 0.29) is 11.5 Å². The predicted octanol–water partition coefficient (Wildman–Crippen LogP) is 4.17. The molecule has 1 heterocycles. The van der Waals surface area contributed by atoms with Gasteiger partial charge in [-0.1, -0.05) is 31.5 Å². The van der Waals surface area contributed by atoms with Crippen molar-refractivity contribution in [1.29, 1.82) is 0 Å². The first kappa shape index (κ1) is 19.6. The molecule has 1 saturated heterocycles. The van der Waals surface area contributed by atoms with Crippen LogP contribution in [0, 0.1) is 0 Å². The van der Waals surface area contributed by atoms with Crippen LogP contribution in [-0.4, -0.2) is 30.5 Å². The summed E-state index contributed by atoms with van der Waals surface area (Å²) in [4.78, 5) is 16.4. The summed E-state index contributed by atoms with van der Waals surface area (Å²) < 4.78 is 11.5. The Balaban J connectivity index is 0.00000109. The van der Waals surface area contributed by atoms with Gasteiger partial charge >= 0.3 is 0 Å². The van der Waals surface area contributed by atoms with Crippen LogP contribution in [0.25, 0.3) is 0 Å². The molecule has 6 heteroatoms. The van der Waals surface area contributed by atoms with Gasteiger partial charge in [0.15, 0.2) is 11.6 Å². The lowest BCUT2D eigenvalue weighted by Crippen LogP contribution is -2.38. The van der Waals surface area contributed by atoms with Crippen LogP contribution in [0.1, 0.15) is 40.0 Å². The number of ether oxygens (including phenoxy) is 2. The number of nitrogens with two attached hydrogens (primary N) is 1. The van der Waals surface area contributed by atoms with E-state index >= 15 is 0 Å². The zero-order valence-corrected chi connectivity index (χ0v) is 15.7. The summed E-state index contributed by atoms with van der Waals surface area (Å²) in [7, 11) is 0. The molecule has 1 aliphatic carbocycles. The summed E-state index contributed by atoms with van der Waals surface area (Å²) in [6.07, 6.45) is 1.77. The highest BCUT2D eigenvalue weighted by molar-refractivity contribution is 6.30. The largest absolute Gasteiger partial charge is 0.396 e. The van der Waals surface area contributed by atoms with E-state index in [4.69, 9.17) is 26.8 Å². The van der Waals surface area contributed by atoms with E-state index < -0.39 is 5.79 Å². The second-order valence-corrected chi connectivity index (χ2v) is 6.21. The number of hydrogen-bond donors (Lipinski definition) is 1. The molecule has 0 amide bonds. The zero-order chi connectivity index (χ0) is 18.4. The normalized spacial score (nSPS) is 22.5. The van der Waals surface area contributed by atoms with Crippen molar-refractivity contribution in [3.8, 4) is 0 Å². The van der Waals surface area contributed by atoms with Crippen LogP contribution in [0.3, 0.4) is 0 Å². The minimum absolute atomic E-state index is 0.172. The van der Waals surface area contributed by atoms with Gasteiger partial charge in [0, 0.05) is 36.1 Å². The number of ketones is 1. The number of allylic oxidation sites excluding steroid dienone is 1. The Hall–Kier alpha value is -1.69. The first-order valence-corrected chi connectivity index (χ1v) is 8.98. The number of carbonyl (C=O) groups excluding carboxylic acids is 1. The molecule has 0 bridgehead atoms. The number of Topliss-reactive ketones (excluding diaryl/α,β-unsaturated/α-hetero) is 1. The number of carbonyl (C=O) groups is 1. The Kier molecular flexibility index (Phi) is 6.76. The lowest BCUT2D eigenvalue weighted by atomic mass is 9.85. The highest BCUT2D eigenvalue weighted by Crippen LogP contribution is 2.39. The van der Waals surface area contributed by atoms with E-state index in [9.17, 15) is 4.79 Å². The number of benzene rings is 1. The van der Waals surface area contributed by atoms with E-state index in [1.807, 2.05) is 26.0 Å². The number of rotatable bonds is 2. The summed E-state index contributed by atoms with van der Waals surface area (Å²) in [5.74, 6) is -0.836. The maximum Gasteiger partial charge on any atom is 0.175 e. The highest BCUT2D eigenvalue weighted by atomic mass is 35.5. The van der Waals surface area contributed by atoms with Gasteiger partial charge in [-0.25, -0.2) is 0 Å². The second kappa shape index (κ2) is 8.61. The Morgan fingerprint density at radius 2 is 1.96 bits per heavy atom. The van der Waals surface area contributed by atoms with Crippen LogP contribution in [-0.2, 0) is 14.3 Å². The molecule has 3 rings (SSSR count). The van der Waals surface area contributed by atoms with Gasteiger partial charge in [0.05, 0.1) is 24.6 Å². The molecule has 1 spiro atoms. The maximum absolute atomic E-state index is 11.8. The third kappa shape index (κ3) is 4.69. The van der Waals surface area contributed by atoms with Gasteiger partial charge in [-0.15, -0.1) is 0 Å². The van der Waals surface area contributed by atoms with Gasteiger partial charge in [-0.2, -0.15) is 0 Å². The van der Waals surface area contributed by atoms with E-state index in [0.717, 1.165) is 11.4 Å². The minimum Gasteiger partial charge on any atom is -0.396 e. The number of aliphatic imine (C=N–C) groups is 1. The first-order chi connectivity index (χ1) is 12.0. The lowest BCUT2D eigenvalue weighted by Gasteiger charge is -2.34. The van der Waals surface area contributed by atoms with Crippen LogP contribution in [0.4, 0.5) is 5.69 Å². The zero-order valence-electron chi connectivity index (χ0n) is 15.0. The van der Waals surface area contributed by atoms with Crippen molar-refractivity contribution in [1.82, 2.24) is 0 Å². The van der Waals surface area contributed by atoms with Crippen LogP contribution in [0.15, 0.2) is 40.5 Å². The summed E-state index contributed by atoms with van der Waals surface area (Å²) >= 11 is 6.01. The fourth-order valence-electron chi connectivity index (χ4n) is 2.95. The van der Waals surface area contributed by atoms with Gasteiger partial charge in [0.25, 0.3) is 0 Å². The van der Waals surface area contributed by atoms with Crippen LogP contribution >= 0.6 is 11.6 Å². The highest BCUT2D eigenvalue weighted by Gasteiger charge is 2.42. The topological polar surface area (TPSA) is 73.9 Å². The lowest BCUT2D eigenvalue weighted by molar-refractivity contribution is -0.161. The third-order valence-corrected chi connectivity index (χ3v) is 4.36. The molecule has 0 unspecified atom stereocenters. The molecular formula is C19H25ClN2O3. The number of nitrogens with zero attached hydrogens (tertiary/aromatic N) is 1. The van der Waals surface area contributed by atoms with E-state index in [2.05, 4.69) is 4.99 Å². The van der Waals surface area contributed by atoms with Crippen molar-refractivity contribution in [3.05, 3.63) is 40.6 Å². The Labute approximate surface area is 153 Å². The van der Waals surface area contributed by atoms with Gasteiger partial charge in [0.1, 0.15) is 0 Å².